The lowest BCUT2D eigenvalue weighted by Gasteiger charge is -2.19. The Balaban J connectivity index is 1.83. The first-order valence-electron chi connectivity index (χ1n) is 7.99. The standard InChI is InChI=1S/C19H19N3OS/c1-2-16-18(24-22-21-16)19(23)20-17(15-11-7-4-8-12-15)13-14-9-5-3-6-10-14/h3-12,17H,2,13H2,1H3,(H,20,23)/t17-/m0/s1. The van der Waals surface area contributed by atoms with E-state index in [0.717, 1.165) is 29.2 Å². The summed E-state index contributed by atoms with van der Waals surface area (Å²) in [5.74, 6) is -0.105. The molecule has 3 rings (SSSR count). The van der Waals surface area contributed by atoms with Gasteiger partial charge in [0.05, 0.1) is 11.7 Å². The molecule has 0 bridgehead atoms. The molecule has 1 aromatic heterocycles. The molecule has 0 aliphatic carbocycles. The monoisotopic (exact) mass is 337 g/mol. The Bertz CT molecular complexity index is 787. The van der Waals surface area contributed by atoms with E-state index in [2.05, 4.69) is 27.0 Å². The number of amides is 1. The van der Waals surface area contributed by atoms with Crippen LogP contribution >= 0.6 is 11.5 Å². The molecule has 0 saturated carbocycles. The van der Waals surface area contributed by atoms with Gasteiger partial charge in [-0.25, -0.2) is 0 Å². The van der Waals surface area contributed by atoms with Crippen LogP contribution in [0.1, 0.15) is 39.5 Å². The van der Waals surface area contributed by atoms with Crippen LogP contribution in [0, 0.1) is 0 Å². The fourth-order valence-electron chi connectivity index (χ4n) is 2.62. The average molecular weight is 337 g/mol. The number of aryl methyl sites for hydroxylation is 1. The third-order valence-corrected chi connectivity index (χ3v) is 4.65. The molecule has 0 aliphatic rings. The number of nitrogens with one attached hydrogen (secondary N) is 1. The summed E-state index contributed by atoms with van der Waals surface area (Å²) in [4.78, 5) is 13.3. The predicted octanol–water partition coefficient (Wildman–Crippen LogP) is 3.81. The van der Waals surface area contributed by atoms with Gasteiger partial charge in [0.1, 0.15) is 4.88 Å². The number of benzene rings is 2. The largest absolute Gasteiger partial charge is 0.344 e. The van der Waals surface area contributed by atoms with Crippen molar-refractivity contribution in [3.63, 3.8) is 0 Å². The van der Waals surface area contributed by atoms with Gasteiger partial charge < -0.3 is 5.32 Å². The quantitative estimate of drug-likeness (QED) is 0.744. The molecule has 24 heavy (non-hydrogen) atoms. The van der Waals surface area contributed by atoms with Crippen LogP contribution in [0.4, 0.5) is 0 Å². The summed E-state index contributed by atoms with van der Waals surface area (Å²) >= 11 is 1.15. The highest BCUT2D eigenvalue weighted by Crippen LogP contribution is 2.20. The predicted molar refractivity (Wildman–Crippen MR) is 96.1 cm³/mol. The van der Waals surface area contributed by atoms with Crippen LogP contribution < -0.4 is 5.32 Å². The van der Waals surface area contributed by atoms with Gasteiger partial charge in [-0.2, -0.15) is 0 Å². The van der Waals surface area contributed by atoms with E-state index in [1.165, 1.54) is 5.56 Å². The number of aromatic nitrogens is 2. The van der Waals surface area contributed by atoms with Gasteiger partial charge >= 0.3 is 0 Å². The van der Waals surface area contributed by atoms with Crippen LogP contribution in [-0.4, -0.2) is 15.5 Å². The van der Waals surface area contributed by atoms with Crippen LogP contribution in [0.25, 0.3) is 0 Å². The zero-order chi connectivity index (χ0) is 16.8. The Labute approximate surface area is 145 Å². The first kappa shape index (κ1) is 16.3. The zero-order valence-electron chi connectivity index (χ0n) is 13.5. The fraction of sp³-hybridized carbons (Fsp3) is 0.211. The van der Waals surface area contributed by atoms with Crippen LogP contribution in [0.2, 0.25) is 0 Å². The van der Waals surface area contributed by atoms with Crippen molar-refractivity contribution >= 4 is 17.4 Å². The smallest absolute Gasteiger partial charge is 0.265 e. The molecule has 0 aliphatic heterocycles. The Morgan fingerprint density at radius 3 is 2.42 bits per heavy atom. The summed E-state index contributed by atoms with van der Waals surface area (Å²) in [5.41, 5.74) is 3.03. The number of hydrogen-bond donors (Lipinski definition) is 1. The van der Waals surface area contributed by atoms with E-state index in [1.807, 2.05) is 55.5 Å². The normalized spacial score (nSPS) is 11.9. The van der Waals surface area contributed by atoms with Gasteiger partial charge in [-0.15, -0.1) is 5.10 Å². The van der Waals surface area contributed by atoms with Gasteiger partial charge in [0.2, 0.25) is 0 Å². The van der Waals surface area contributed by atoms with Crippen molar-refractivity contribution < 1.29 is 4.79 Å². The number of carbonyl (C=O) groups excluding carboxylic acids is 1. The second-order valence-corrected chi connectivity index (χ2v) is 6.28. The van der Waals surface area contributed by atoms with Gasteiger partial charge in [-0.05, 0) is 35.5 Å². The lowest BCUT2D eigenvalue weighted by atomic mass is 9.98. The SMILES string of the molecule is CCc1nnsc1C(=O)N[C@@H](Cc1ccccc1)c1ccccc1. The minimum atomic E-state index is -0.105. The van der Waals surface area contributed by atoms with E-state index >= 15 is 0 Å². The lowest BCUT2D eigenvalue weighted by molar-refractivity contribution is 0.0939. The first-order chi connectivity index (χ1) is 11.8. The molecule has 0 fully saturated rings. The summed E-state index contributed by atoms with van der Waals surface area (Å²) < 4.78 is 3.91. The van der Waals surface area contributed by atoms with Crippen LogP contribution in [0.5, 0.6) is 0 Å². The molecule has 1 atom stereocenters. The molecule has 4 nitrogen and oxygen atoms in total. The molecule has 2 aromatic carbocycles. The highest BCUT2D eigenvalue weighted by molar-refractivity contribution is 7.08. The van der Waals surface area contributed by atoms with Crippen molar-refractivity contribution in [3.05, 3.63) is 82.4 Å². The van der Waals surface area contributed by atoms with Gasteiger partial charge in [0.25, 0.3) is 5.91 Å². The topological polar surface area (TPSA) is 54.9 Å². The fourth-order valence-corrected chi connectivity index (χ4v) is 3.28. The van der Waals surface area contributed by atoms with Crippen molar-refractivity contribution in [2.75, 3.05) is 0 Å². The zero-order valence-corrected chi connectivity index (χ0v) is 14.3. The maximum atomic E-state index is 12.7. The summed E-state index contributed by atoms with van der Waals surface area (Å²) in [7, 11) is 0. The van der Waals surface area contributed by atoms with Crippen molar-refractivity contribution in [2.24, 2.45) is 0 Å². The molecular weight excluding hydrogens is 318 g/mol. The maximum Gasteiger partial charge on any atom is 0.265 e. The van der Waals surface area contributed by atoms with E-state index in [9.17, 15) is 4.79 Å². The highest BCUT2D eigenvalue weighted by Gasteiger charge is 2.20. The number of rotatable bonds is 6. The number of carbonyl (C=O) groups is 1. The molecule has 122 valence electrons. The van der Waals surface area contributed by atoms with Crippen molar-refractivity contribution in [3.8, 4) is 0 Å². The highest BCUT2D eigenvalue weighted by atomic mass is 32.1. The summed E-state index contributed by atoms with van der Waals surface area (Å²) in [6.45, 7) is 1.98. The van der Waals surface area contributed by atoms with E-state index in [1.54, 1.807) is 0 Å². The molecule has 0 unspecified atom stereocenters. The molecule has 0 spiro atoms. The van der Waals surface area contributed by atoms with E-state index in [4.69, 9.17) is 0 Å². The summed E-state index contributed by atoms with van der Waals surface area (Å²) in [6, 6.07) is 20.1. The van der Waals surface area contributed by atoms with Crippen molar-refractivity contribution in [1.82, 2.24) is 14.9 Å². The molecule has 5 heteroatoms. The summed E-state index contributed by atoms with van der Waals surface area (Å²) in [6.07, 6.45) is 1.44. The van der Waals surface area contributed by atoms with E-state index in [0.29, 0.717) is 11.3 Å². The first-order valence-corrected chi connectivity index (χ1v) is 8.76. The maximum absolute atomic E-state index is 12.7. The molecule has 3 aromatic rings. The number of nitrogens with zero attached hydrogens (tertiary/aromatic N) is 2. The van der Waals surface area contributed by atoms with Crippen LogP contribution in [0.15, 0.2) is 60.7 Å². The Kier molecular flexibility index (Phi) is 5.33. The van der Waals surface area contributed by atoms with Crippen molar-refractivity contribution in [1.29, 1.82) is 0 Å². The number of hydrogen-bond acceptors (Lipinski definition) is 4. The Morgan fingerprint density at radius 1 is 1.08 bits per heavy atom. The summed E-state index contributed by atoms with van der Waals surface area (Å²) in [5, 5.41) is 7.18. The Hall–Kier alpha value is -2.53. The second kappa shape index (κ2) is 7.84. The van der Waals surface area contributed by atoms with Gasteiger partial charge in [0.15, 0.2) is 0 Å². The molecule has 1 amide bonds. The van der Waals surface area contributed by atoms with Crippen molar-refractivity contribution in [2.45, 2.75) is 25.8 Å². The molecular formula is C19H19N3OS. The van der Waals surface area contributed by atoms with Gasteiger partial charge in [-0.3, -0.25) is 4.79 Å². The third kappa shape index (κ3) is 3.86. The van der Waals surface area contributed by atoms with Crippen LogP contribution in [0.3, 0.4) is 0 Å². The van der Waals surface area contributed by atoms with Crippen LogP contribution in [-0.2, 0) is 12.8 Å². The van der Waals surface area contributed by atoms with Gasteiger partial charge in [0, 0.05) is 0 Å². The van der Waals surface area contributed by atoms with E-state index in [-0.39, 0.29) is 11.9 Å². The lowest BCUT2D eigenvalue weighted by Crippen LogP contribution is -2.30. The molecule has 1 N–H and O–H groups in total. The Morgan fingerprint density at radius 2 is 1.75 bits per heavy atom. The molecule has 1 heterocycles. The average Bonchev–Trinajstić information content (AvgIpc) is 3.12. The minimum Gasteiger partial charge on any atom is -0.344 e. The minimum absolute atomic E-state index is 0.0899. The third-order valence-electron chi connectivity index (χ3n) is 3.89. The second-order valence-electron chi connectivity index (χ2n) is 5.53. The molecule has 0 saturated heterocycles. The van der Waals surface area contributed by atoms with E-state index < -0.39 is 0 Å². The van der Waals surface area contributed by atoms with Gasteiger partial charge in [-0.1, -0.05) is 72.1 Å². The molecule has 0 radical (unpaired) electrons.